The second kappa shape index (κ2) is 4.70. The van der Waals surface area contributed by atoms with Crippen molar-refractivity contribution in [3.8, 4) is 0 Å². The Balaban J connectivity index is 2.28. The zero-order chi connectivity index (χ0) is 10.8. The van der Waals surface area contributed by atoms with E-state index in [9.17, 15) is 0 Å². The van der Waals surface area contributed by atoms with Crippen molar-refractivity contribution in [3.05, 3.63) is 33.5 Å². The van der Waals surface area contributed by atoms with Gasteiger partial charge in [0.25, 0.3) is 0 Å². The minimum atomic E-state index is 0.116. The van der Waals surface area contributed by atoms with Crippen LogP contribution < -0.4 is 11.3 Å². The van der Waals surface area contributed by atoms with Gasteiger partial charge in [0.05, 0.1) is 6.04 Å². The monoisotopic (exact) mass is 240 g/mol. The predicted molar refractivity (Wildman–Crippen MR) is 69.1 cm³/mol. The molecule has 0 bridgehead atoms. The summed E-state index contributed by atoms with van der Waals surface area (Å²) in [5, 5.41) is 0. The lowest BCUT2D eigenvalue weighted by Gasteiger charge is -2.13. The van der Waals surface area contributed by atoms with Crippen molar-refractivity contribution in [1.29, 1.82) is 0 Å². The third kappa shape index (κ3) is 2.28. The van der Waals surface area contributed by atoms with Gasteiger partial charge in [0.2, 0.25) is 0 Å². The summed E-state index contributed by atoms with van der Waals surface area (Å²) in [6.07, 6.45) is 1.21. The van der Waals surface area contributed by atoms with Gasteiger partial charge in [0.1, 0.15) is 0 Å². The van der Waals surface area contributed by atoms with Gasteiger partial charge in [-0.3, -0.25) is 5.84 Å². The third-order valence-corrected chi connectivity index (χ3v) is 4.90. The molecule has 1 aliphatic rings. The number of fused-ring (bicyclic) bond motifs is 1. The smallest absolute Gasteiger partial charge is 0.0757 e. The van der Waals surface area contributed by atoms with Gasteiger partial charge in [-0.2, -0.15) is 11.8 Å². The van der Waals surface area contributed by atoms with Crippen LogP contribution in [0.5, 0.6) is 0 Å². The first-order chi connectivity index (χ1) is 7.22. The summed E-state index contributed by atoms with van der Waals surface area (Å²) in [5.41, 5.74) is 5.40. The molecule has 0 saturated heterocycles. The Bertz CT molecular complexity index is 347. The standard InChI is InChI=1S/C11H16N2S2/c1-7(2)11(13-12)10-5-8-6-14-4-3-9(8)15-10/h5,11,13H,1,3-4,6,12H2,2H3. The molecule has 3 N–H and O–H groups in total. The fourth-order valence-corrected chi connectivity index (χ4v) is 4.31. The lowest BCUT2D eigenvalue weighted by atomic mass is 10.1. The van der Waals surface area contributed by atoms with E-state index in [1.807, 2.05) is 30.0 Å². The van der Waals surface area contributed by atoms with Crippen molar-refractivity contribution < 1.29 is 0 Å². The number of nitrogens with one attached hydrogen (secondary N) is 1. The molecule has 2 nitrogen and oxygen atoms in total. The van der Waals surface area contributed by atoms with E-state index in [1.54, 1.807) is 0 Å². The summed E-state index contributed by atoms with van der Waals surface area (Å²) in [7, 11) is 0. The van der Waals surface area contributed by atoms with Gasteiger partial charge in [-0.15, -0.1) is 11.3 Å². The molecule has 1 aliphatic heterocycles. The molecule has 1 aromatic heterocycles. The Kier molecular flexibility index (Phi) is 3.51. The summed E-state index contributed by atoms with van der Waals surface area (Å²) in [6, 6.07) is 2.40. The lowest BCUT2D eigenvalue weighted by molar-refractivity contribution is 0.636. The maximum Gasteiger partial charge on any atom is 0.0757 e. The van der Waals surface area contributed by atoms with Crippen LogP contribution in [0.2, 0.25) is 0 Å². The van der Waals surface area contributed by atoms with Crippen LogP contribution in [0.15, 0.2) is 18.2 Å². The molecule has 2 heterocycles. The number of nitrogens with two attached hydrogens (primary N) is 1. The van der Waals surface area contributed by atoms with Crippen LogP contribution in [-0.2, 0) is 12.2 Å². The summed E-state index contributed by atoms with van der Waals surface area (Å²) in [5.74, 6) is 7.96. The van der Waals surface area contributed by atoms with Crippen molar-refractivity contribution >= 4 is 23.1 Å². The first kappa shape index (κ1) is 11.2. The van der Waals surface area contributed by atoms with Gasteiger partial charge < -0.3 is 0 Å². The molecule has 0 saturated carbocycles. The summed E-state index contributed by atoms with van der Waals surface area (Å²) < 4.78 is 0. The highest BCUT2D eigenvalue weighted by atomic mass is 32.2. The Labute approximate surface area is 98.9 Å². The molecule has 82 valence electrons. The first-order valence-electron chi connectivity index (χ1n) is 5.03. The fraction of sp³-hybridized carbons (Fsp3) is 0.455. The molecule has 1 aromatic rings. The topological polar surface area (TPSA) is 38.0 Å². The molecular weight excluding hydrogens is 224 g/mol. The highest BCUT2D eigenvalue weighted by Crippen LogP contribution is 2.35. The summed E-state index contributed by atoms with van der Waals surface area (Å²) in [4.78, 5) is 2.84. The van der Waals surface area contributed by atoms with Crippen LogP contribution in [-0.4, -0.2) is 5.75 Å². The maximum atomic E-state index is 5.55. The van der Waals surface area contributed by atoms with Crippen LogP contribution in [0, 0.1) is 0 Å². The molecule has 1 unspecified atom stereocenters. The normalized spacial score (nSPS) is 17.2. The highest BCUT2D eigenvalue weighted by molar-refractivity contribution is 7.98. The Hall–Kier alpha value is -0.290. The van der Waals surface area contributed by atoms with E-state index >= 15 is 0 Å². The van der Waals surface area contributed by atoms with Gasteiger partial charge >= 0.3 is 0 Å². The van der Waals surface area contributed by atoms with E-state index in [1.165, 1.54) is 27.5 Å². The number of hydrogen-bond acceptors (Lipinski definition) is 4. The van der Waals surface area contributed by atoms with Gasteiger partial charge in [-0.25, -0.2) is 5.43 Å². The second-order valence-electron chi connectivity index (χ2n) is 3.85. The average molecular weight is 240 g/mol. The number of hydrogen-bond donors (Lipinski definition) is 2. The number of thioether (sulfide) groups is 1. The molecule has 0 fully saturated rings. The molecule has 1 atom stereocenters. The van der Waals surface area contributed by atoms with Gasteiger partial charge in [0, 0.05) is 15.5 Å². The van der Waals surface area contributed by atoms with E-state index in [0.29, 0.717) is 0 Å². The van der Waals surface area contributed by atoms with E-state index in [2.05, 4.69) is 18.1 Å². The van der Waals surface area contributed by atoms with Crippen molar-refractivity contribution in [1.82, 2.24) is 5.43 Å². The second-order valence-corrected chi connectivity index (χ2v) is 6.12. The average Bonchev–Trinajstić information content (AvgIpc) is 2.61. The van der Waals surface area contributed by atoms with Crippen LogP contribution in [0.4, 0.5) is 0 Å². The number of hydrazine groups is 1. The van der Waals surface area contributed by atoms with Crippen molar-refractivity contribution in [2.24, 2.45) is 5.84 Å². The summed E-state index contributed by atoms with van der Waals surface area (Å²) in [6.45, 7) is 5.98. The Morgan fingerprint density at radius 3 is 3.07 bits per heavy atom. The minimum Gasteiger partial charge on any atom is -0.271 e. The molecule has 15 heavy (non-hydrogen) atoms. The molecule has 0 amide bonds. The highest BCUT2D eigenvalue weighted by Gasteiger charge is 2.18. The first-order valence-corrected chi connectivity index (χ1v) is 7.00. The van der Waals surface area contributed by atoms with Crippen molar-refractivity contribution in [2.75, 3.05) is 5.75 Å². The van der Waals surface area contributed by atoms with Crippen LogP contribution in [0.1, 0.15) is 28.3 Å². The van der Waals surface area contributed by atoms with Gasteiger partial charge in [-0.1, -0.05) is 12.2 Å². The quantitative estimate of drug-likeness (QED) is 0.484. The zero-order valence-electron chi connectivity index (χ0n) is 8.88. The van der Waals surface area contributed by atoms with E-state index < -0.39 is 0 Å². The number of rotatable bonds is 3. The van der Waals surface area contributed by atoms with Crippen LogP contribution in [0.25, 0.3) is 0 Å². The molecule has 2 rings (SSSR count). The molecule has 4 heteroatoms. The fourth-order valence-electron chi connectivity index (χ4n) is 1.78. The molecule has 0 aromatic carbocycles. The van der Waals surface area contributed by atoms with E-state index in [-0.39, 0.29) is 6.04 Å². The van der Waals surface area contributed by atoms with Crippen LogP contribution >= 0.6 is 23.1 Å². The largest absolute Gasteiger partial charge is 0.271 e. The lowest BCUT2D eigenvalue weighted by Crippen LogP contribution is -2.27. The van der Waals surface area contributed by atoms with Crippen molar-refractivity contribution in [2.45, 2.75) is 25.1 Å². The molecule has 0 radical (unpaired) electrons. The maximum absolute atomic E-state index is 5.55. The molecule has 0 aliphatic carbocycles. The SMILES string of the molecule is C=C(C)C(NN)c1cc2c(s1)CCSC2. The van der Waals surface area contributed by atoms with Crippen LogP contribution in [0.3, 0.4) is 0 Å². The Morgan fingerprint density at radius 1 is 1.67 bits per heavy atom. The predicted octanol–water partition coefficient (Wildman–Crippen LogP) is 2.62. The van der Waals surface area contributed by atoms with E-state index in [0.717, 1.165) is 11.3 Å². The zero-order valence-corrected chi connectivity index (χ0v) is 10.5. The number of thiophene rings is 1. The van der Waals surface area contributed by atoms with Gasteiger partial charge in [0.15, 0.2) is 0 Å². The number of aryl methyl sites for hydroxylation is 1. The minimum absolute atomic E-state index is 0.116. The molecule has 0 spiro atoms. The van der Waals surface area contributed by atoms with Crippen molar-refractivity contribution in [3.63, 3.8) is 0 Å². The Morgan fingerprint density at radius 2 is 2.47 bits per heavy atom. The van der Waals surface area contributed by atoms with Gasteiger partial charge in [-0.05, 0) is 30.7 Å². The third-order valence-electron chi connectivity index (χ3n) is 2.59. The summed E-state index contributed by atoms with van der Waals surface area (Å²) >= 11 is 3.89. The molecular formula is C11H16N2S2. The van der Waals surface area contributed by atoms with E-state index in [4.69, 9.17) is 5.84 Å².